The highest BCUT2D eigenvalue weighted by atomic mass is 16.3. The van der Waals surface area contributed by atoms with Gasteiger partial charge in [-0.15, -0.1) is 0 Å². The minimum Gasteiger partial charge on any atom is -0.472 e. The molecule has 106 valence electrons. The fourth-order valence-corrected chi connectivity index (χ4v) is 1.83. The van der Waals surface area contributed by atoms with Gasteiger partial charge in [-0.05, 0) is 31.0 Å². The van der Waals surface area contributed by atoms with Crippen molar-refractivity contribution >= 4 is 11.7 Å². The van der Waals surface area contributed by atoms with Crippen LogP contribution in [0.5, 0.6) is 0 Å². The molecule has 1 unspecified atom stereocenters. The number of amides is 2. The number of hydrogen-bond acceptors (Lipinski definition) is 3. The molecule has 0 saturated heterocycles. The lowest BCUT2D eigenvalue weighted by Gasteiger charge is -2.11. The first kappa shape index (κ1) is 14.1. The molecule has 1 heterocycles. The zero-order valence-electron chi connectivity index (χ0n) is 11.3. The fourth-order valence-electron chi connectivity index (χ4n) is 1.83. The van der Waals surface area contributed by atoms with Crippen LogP contribution in [0.2, 0.25) is 0 Å². The molecule has 0 bridgehead atoms. The van der Waals surface area contributed by atoms with E-state index < -0.39 is 6.10 Å². The monoisotopic (exact) mass is 274 g/mol. The number of rotatable bonds is 5. The highest BCUT2D eigenvalue weighted by Crippen LogP contribution is 2.16. The van der Waals surface area contributed by atoms with Crippen LogP contribution in [0.3, 0.4) is 0 Å². The summed E-state index contributed by atoms with van der Waals surface area (Å²) in [4.78, 5) is 11.7. The van der Waals surface area contributed by atoms with Crippen LogP contribution in [-0.4, -0.2) is 17.7 Å². The van der Waals surface area contributed by atoms with Crippen LogP contribution >= 0.6 is 0 Å². The average Bonchev–Trinajstić information content (AvgIpc) is 2.95. The maximum Gasteiger partial charge on any atom is 0.319 e. The second kappa shape index (κ2) is 6.77. The zero-order valence-corrected chi connectivity index (χ0v) is 11.3. The number of furan rings is 1. The SMILES string of the molecule is Cc1ccccc1NC(=O)NCCC(O)c1ccoc1. The van der Waals surface area contributed by atoms with Crippen molar-refractivity contribution < 1.29 is 14.3 Å². The lowest BCUT2D eigenvalue weighted by molar-refractivity contribution is 0.166. The number of aliphatic hydroxyl groups is 1. The van der Waals surface area contributed by atoms with Crippen molar-refractivity contribution in [2.24, 2.45) is 0 Å². The van der Waals surface area contributed by atoms with Crippen molar-refractivity contribution in [3.8, 4) is 0 Å². The second-order valence-corrected chi connectivity index (χ2v) is 4.56. The Morgan fingerprint density at radius 2 is 2.15 bits per heavy atom. The summed E-state index contributed by atoms with van der Waals surface area (Å²) in [5, 5.41) is 15.3. The van der Waals surface area contributed by atoms with E-state index in [2.05, 4.69) is 10.6 Å². The van der Waals surface area contributed by atoms with Crippen LogP contribution in [0.15, 0.2) is 47.3 Å². The predicted octanol–water partition coefficient (Wildman–Crippen LogP) is 2.83. The number of anilines is 1. The van der Waals surface area contributed by atoms with Crippen LogP contribution in [0.25, 0.3) is 0 Å². The normalized spacial score (nSPS) is 11.9. The lowest BCUT2D eigenvalue weighted by Crippen LogP contribution is -2.30. The van der Waals surface area contributed by atoms with Crippen LogP contribution in [0.1, 0.15) is 23.7 Å². The molecule has 0 radical (unpaired) electrons. The average molecular weight is 274 g/mol. The summed E-state index contributed by atoms with van der Waals surface area (Å²) >= 11 is 0. The molecule has 5 heteroatoms. The summed E-state index contributed by atoms with van der Waals surface area (Å²) in [6, 6.07) is 8.98. The number of nitrogens with one attached hydrogen (secondary N) is 2. The molecule has 3 N–H and O–H groups in total. The molecule has 2 amide bonds. The van der Waals surface area contributed by atoms with E-state index in [9.17, 15) is 9.90 Å². The quantitative estimate of drug-likeness (QED) is 0.784. The molecular weight excluding hydrogens is 256 g/mol. The van der Waals surface area contributed by atoms with Crippen molar-refractivity contribution in [2.75, 3.05) is 11.9 Å². The third kappa shape index (κ3) is 3.86. The van der Waals surface area contributed by atoms with Gasteiger partial charge in [-0.3, -0.25) is 0 Å². The van der Waals surface area contributed by atoms with Crippen LogP contribution in [-0.2, 0) is 0 Å². The minimum absolute atomic E-state index is 0.279. The van der Waals surface area contributed by atoms with Crippen LogP contribution < -0.4 is 10.6 Å². The maximum atomic E-state index is 11.7. The standard InChI is InChI=1S/C15H18N2O3/c1-11-4-2-3-5-13(11)17-15(19)16-8-6-14(18)12-7-9-20-10-12/h2-5,7,9-10,14,18H,6,8H2,1H3,(H2,16,17,19). The van der Waals surface area contributed by atoms with Gasteiger partial charge in [-0.2, -0.15) is 0 Å². The first-order valence-electron chi connectivity index (χ1n) is 6.47. The summed E-state index contributed by atoms with van der Waals surface area (Å²) in [5.41, 5.74) is 2.49. The maximum absolute atomic E-state index is 11.7. The van der Waals surface area contributed by atoms with Gasteiger partial charge in [-0.25, -0.2) is 4.79 Å². The first-order chi connectivity index (χ1) is 9.66. The summed E-state index contributed by atoms with van der Waals surface area (Å²) < 4.78 is 4.90. The summed E-state index contributed by atoms with van der Waals surface area (Å²) in [5.74, 6) is 0. The number of aliphatic hydroxyl groups excluding tert-OH is 1. The summed E-state index contributed by atoms with van der Waals surface area (Å²) in [7, 11) is 0. The van der Waals surface area contributed by atoms with Gasteiger partial charge in [-0.1, -0.05) is 18.2 Å². The number of hydrogen-bond donors (Lipinski definition) is 3. The van der Waals surface area contributed by atoms with Gasteiger partial charge >= 0.3 is 6.03 Å². The van der Waals surface area contributed by atoms with Gasteiger partial charge in [0.05, 0.1) is 18.6 Å². The van der Waals surface area contributed by atoms with E-state index in [1.54, 1.807) is 6.07 Å². The van der Waals surface area contributed by atoms with E-state index in [0.29, 0.717) is 18.5 Å². The lowest BCUT2D eigenvalue weighted by atomic mass is 10.1. The molecule has 2 aromatic rings. The van der Waals surface area contributed by atoms with Crippen molar-refractivity contribution in [3.05, 3.63) is 54.0 Å². The Morgan fingerprint density at radius 1 is 1.35 bits per heavy atom. The van der Waals surface area contributed by atoms with Crippen molar-refractivity contribution in [2.45, 2.75) is 19.4 Å². The van der Waals surface area contributed by atoms with E-state index in [1.165, 1.54) is 12.5 Å². The largest absolute Gasteiger partial charge is 0.472 e. The van der Waals surface area contributed by atoms with E-state index >= 15 is 0 Å². The molecule has 5 nitrogen and oxygen atoms in total. The minimum atomic E-state index is -0.632. The van der Waals surface area contributed by atoms with E-state index in [4.69, 9.17) is 4.42 Å². The number of aryl methyl sites for hydroxylation is 1. The zero-order chi connectivity index (χ0) is 14.4. The summed E-state index contributed by atoms with van der Waals surface area (Å²) in [6.07, 6.45) is 2.81. The van der Waals surface area contributed by atoms with Crippen molar-refractivity contribution in [3.63, 3.8) is 0 Å². The van der Waals surface area contributed by atoms with E-state index in [1.807, 2.05) is 31.2 Å². The van der Waals surface area contributed by atoms with Gasteiger partial charge < -0.3 is 20.2 Å². The Morgan fingerprint density at radius 3 is 2.85 bits per heavy atom. The summed E-state index contributed by atoms with van der Waals surface area (Å²) in [6.45, 7) is 2.31. The van der Waals surface area contributed by atoms with Crippen molar-refractivity contribution in [1.82, 2.24) is 5.32 Å². The molecule has 0 aliphatic rings. The highest BCUT2D eigenvalue weighted by molar-refractivity contribution is 5.89. The second-order valence-electron chi connectivity index (χ2n) is 4.56. The van der Waals surface area contributed by atoms with Crippen LogP contribution in [0.4, 0.5) is 10.5 Å². The Labute approximate surface area is 117 Å². The molecule has 0 saturated carbocycles. The number of benzene rings is 1. The molecule has 0 aliphatic heterocycles. The molecule has 1 aromatic carbocycles. The molecule has 2 rings (SSSR count). The predicted molar refractivity (Wildman–Crippen MR) is 76.5 cm³/mol. The van der Waals surface area contributed by atoms with Gasteiger partial charge in [0, 0.05) is 17.8 Å². The molecule has 0 aliphatic carbocycles. The third-order valence-electron chi connectivity index (χ3n) is 3.02. The molecule has 1 atom stereocenters. The Kier molecular flexibility index (Phi) is 4.79. The fraction of sp³-hybridized carbons (Fsp3) is 0.267. The molecule has 0 spiro atoms. The molecule has 20 heavy (non-hydrogen) atoms. The van der Waals surface area contributed by atoms with Crippen molar-refractivity contribution in [1.29, 1.82) is 0 Å². The van der Waals surface area contributed by atoms with Gasteiger partial charge in [0.15, 0.2) is 0 Å². The first-order valence-corrected chi connectivity index (χ1v) is 6.47. The third-order valence-corrected chi connectivity index (χ3v) is 3.02. The molecular formula is C15H18N2O3. The Bertz CT molecular complexity index is 552. The molecule has 1 aromatic heterocycles. The van der Waals surface area contributed by atoms with Crippen LogP contribution in [0, 0.1) is 6.92 Å². The Hall–Kier alpha value is -2.27. The number of carbonyl (C=O) groups excluding carboxylic acids is 1. The smallest absolute Gasteiger partial charge is 0.319 e. The number of carbonyl (C=O) groups is 1. The highest BCUT2D eigenvalue weighted by Gasteiger charge is 2.09. The Balaban J connectivity index is 1.74. The van der Waals surface area contributed by atoms with Gasteiger partial charge in [0.2, 0.25) is 0 Å². The topological polar surface area (TPSA) is 74.5 Å². The van der Waals surface area contributed by atoms with E-state index in [0.717, 1.165) is 11.3 Å². The van der Waals surface area contributed by atoms with Gasteiger partial charge in [0.1, 0.15) is 0 Å². The van der Waals surface area contributed by atoms with E-state index in [-0.39, 0.29) is 6.03 Å². The number of para-hydroxylation sites is 1. The molecule has 0 fully saturated rings. The van der Waals surface area contributed by atoms with Gasteiger partial charge in [0.25, 0.3) is 0 Å². The number of urea groups is 1.